The van der Waals surface area contributed by atoms with Gasteiger partial charge in [-0.1, -0.05) is 27.5 Å². The van der Waals surface area contributed by atoms with Crippen LogP contribution in [0.15, 0.2) is 28.7 Å². The third-order valence-corrected chi connectivity index (χ3v) is 2.48. The van der Waals surface area contributed by atoms with E-state index in [1.54, 1.807) is 19.1 Å². The molecule has 2 nitrogen and oxygen atoms in total. The van der Waals surface area contributed by atoms with Crippen molar-refractivity contribution in [3.8, 4) is 0 Å². The van der Waals surface area contributed by atoms with E-state index < -0.39 is 0 Å². The van der Waals surface area contributed by atoms with Gasteiger partial charge in [-0.05, 0) is 36.8 Å². The number of ether oxygens (including phenoxy) is 1. The highest BCUT2D eigenvalue weighted by Crippen LogP contribution is 2.22. The van der Waals surface area contributed by atoms with E-state index in [1.807, 2.05) is 12.1 Å². The molecular formula is C11H10BrClO2. The molecule has 1 aromatic carbocycles. The Morgan fingerprint density at radius 3 is 3.00 bits per heavy atom. The van der Waals surface area contributed by atoms with Gasteiger partial charge in [0.05, 0.1) is 6.61 Å². The Hall–Kier alpha value is -0.800. The normalized spacial score (nSPS) is 10.6. The summed E-state index contributed by atoms with van der Waals surface area (Å²) in [5.74, 6) is -0.367. The number of esters is 1. The minimum atomic E-state index is -0.367. The fraction of sp³-hybridized carbons (Fsp3) is 0.182. The van der Waals surface area contributed by atoms with Gasteiger partial charge in [-0.2, -0.15) is 0 Å². The number of carbonyl (C=O) groups is 1. The molecule has 0 spiro atoms. The minimum Gasteiger partial charge on any atom is -0.463 e. The van der Waals surface area contributed by atoms with Gasteiger partial charge in [0.1, 0.15) is 0 Å². The fourth-order valence-corrected chi connectivity index (χ4v) is 1.55. The van der Waals surface area contributed by atoms with Crippen LogP contribution in [-0.4, -0.2) is 12.6 Å². The standard InChI is InChI=1S/C11H10BrClO2/c1-2-15-11(14)6-3-8-7-9(12)4-5-10(8)13/h3-7H,2H2,1H3. The molecule has 0 bridgehead atoms. The van der Waals surface area contributed by atoms with Crippen LogP contribution in [-0.2, 0) is 9.53 Å². The second-order valence-corrected chi connectivity index (χ2v) is 4.07. The summed E-state index contributed by atoms with van der Waals surface area (Å²) in [6.07, 6.45) is 2.99. The number of halogens is 2. The highest BCUT2D eigenvalue weighted by atomic mass is 79.9. The third kappa shape index (κ3) is 4.06. The molecule has 0 aliphatic heterocycles. The first kappa shape index (κ1) is 12.3. The van der Waals surface area contributed by atoms with E-state index in [9.17, 15) is 4.79 Å². The van der Waals surface area contributed by atoms with Gasteiger partial charge in [0.15, 0.2) is 0 Å². The van der Waals surface area contributed by atoms with Crippen LogP contribution in [0, 0.1) is 0 Å². The largest absolute Gasteiger partial charge is 0.463 e. The molecule has 0 aromatic heterocycles. The first-order valence-corrected chi connectivity index (χ1v) is 5.60. The molecule has 0 saturated heterocycles. The van der Waals surface area contributed by atoms with Crippen LogP contribution in [0.1, 0.15) is 12.5 Å². The number of hydrogen-bond donors (Lipinski definition) is 0. The Labute approximate surface area is 102 Å². The highest BCUT2D eigenvalue weighted by molar-refractivity contribution is 9.10. The number of hydrogen-bond acceptors (Lipinski definition) is 2. The summed E-state index contributed by atoms with van der Waals surface area (Å²) in [6.45, 7) is 2.13. The molecule has 0 fully saturated rings. The monoisotopic (exact) mass is 288 g/mol. The van der Waals surface area contributed by atoms with Crippen molar-refractivity contribution in [2.75, 3.05) is 6.61 Å². The maximum absolute atomic E-state index is 11.0. The maximum Gasteiger partial charge on any atom is 0.330 e. The van der Waals surface area contributed by atoms with Crippen molar-refractivity contribution in [2.24, 2.45) is 0 Å². The molecule has 1 aromatic rings. The lowest BCUT2D eigenvalue weighted by Crippen LogP contribution is -1.98. The summed E-state index contributed by atoms with van der Waals surface area (Å²) in [5.41, 5.74) is 0.777. The van der Waals surface area contributed by atoms with E-state index in [2.05, 4.69) is 15.9 Å². The van der Waals surface area contributed by atoms with Crippen LogP contribution >= 0.6 is 27.5 Å². The molecule has 0 heterocycles. The van der Waals surface area contributed by atoms with Crippen molar-refractivity contribution in [1.82, 2.24) is 0 Å². The quantitative estimate of drug-likeness (QED) is 0.627. The van der Waals surface area contributed by atoms with E-state index in [1.165, 1.54) is 6.08 Å². The van der Waals surface area contributed by atoms with E-state index in [0.717, 1.165) is 10.0 Å². The zero-order chi connectivity index (χ0) is 11.3. The van der Waals surface area contributed by atoms with Gasteiger partial charge in [-0.15, -0.1) is 0 Å². The van der Waals surface area contributed by atoms with Crippen molar-refractivity contribution in [2.45, 2.75) is 6.92 Å². The van der Waals surface area contributed by atoms with Crippen molar-refractivity contribution < 1.29 is 9.53 Å². The summed E-state index contributed by atoms with van der Waals surface area (Å²) >= 11 is 9.26. The predicted octanol–water partition coefficient (Wildman–Crippen LogP) is 3.68. The van der Waals surface area contributed by atoms with E-state index in [4.69, 9.17) is 16.3 Å². The Kier molecular flexibility index (Phi) is 4.85. The molecule has 0 aliphatic rings. The van der Waals surface area contributed by atoms with E-state index >= 15 is 0 Å². The van der Waals surface area contributed by atoms with Crippen LogP contribution in [0.2, 0.25) is 5.02 Å². The topological polar surface area (TPSA) is 26.3 Å². The van der Waals surface area contributed by atoms with Gasteiger partial charge in [0.25, 0.3) is 0 Å². The van der Waals surface area contributed by atoms with E-state index in [0.29, 0.717) is 11.6 Å². The van der Waals surface area contributed by atoms with Gasteiger partial charge in [-0.25, -0.2) is 4.79 Å². The summed E-state index contributed by atoms with van der Waals surface area (Å²) < 4.78 is 5.67. The molecule has 0 saturated carbocycles. The molecule has 0 aliphatic carbocycles. The van der Waals surface area contributed by atoms with Crippen molar-refractivity contribution in [3.63, 3.8) is 0 Å². The molecule has 15 heavy (non-hydrogen) atoms. The molecule has 0 amide bonds. The SMILES string of the molecule is CCOC(=O)C=Cc1cc(Br)ccc1Cl. The first-order chi connectivity index (χ1) is 7.13. The van der Waals surface area contributed by atoms with Crippen LogP contribution < -0.4 is 0 Å². The van der Waals surface area contributed by atoms with Crippen LogP contribution in [0.5, 0.6) is 0 Å². The third-order valence-electron chi connectivity index (χ3n) is 1.64. The van der Waals surface area contributed by atoms with Crippen LogP contribution in [0.4, 0.5) is 0 Å². The Balaban J connectivity index is 2.79. The summed E-state index contributed by atoms with van der Waals surface area (Å²) in [5, 5.41) is 0.596. The lowest BCUT2D eigenvalue weighted by molar-refractivity contribution is -0.137. The number of carbonyl (C=O) groups excluding carboxylic acids is 1. The molecule has 4 heteroatoms. The van der Waals surface area contributed by atoms with E-state index in [-0.39, 0.29) is 5.97 Å². The smallest absolute Gasteiger partial charge is 0.330 e. The van der Waals surface area contributed by atoms with Gasteiger partial charge in [0.2, 0.25) is 0 Å². The molecule has 0 unspecified atom stereocenters. The summed E-state index contributed by atoms with van der Waals surface area (Å²) in [7, 11) is 0. The molecule has 0 radical (unpaired) electrons. The summed E-state index contributed by atoms with van der Waals surface area (Å²) in [6, 6.07) is 5.43. The zero-order valence-corrected chi connectivity index (χ0v) is 10.5. The number of rotatable bonds is 3. The molecule has 80 valence electrons. The van der Waals surface area contributed by atoms with Gasteiger partial charge >= 0.3 is 5.97 Å². The van der Waals surface area contributed by atoms with Crippen molar-refractivity contribution in [3.05, 3.63) is 39.3 Å². The number of benzene rings is 1. The fourth-order valence-electron chi connectivity index (χ4n) is 0.991. The van der Waals surface area contributed by atoms with Crippen molar-refractivity contribution in [1.29, 1.82) is 0 Å². The summed E-state index contributed by atoms with van der Waals surface area (Å²) in [4.78, 5) is 11.0. The lowest BCUT2D eigenvalue weighted by Gasteiger charge is -1.99. The Bertz CT molecular complexity index is 388. The zero-order valence-electron chi connectivity index (χ0n) is 8.17. The lowest BCUT2D eigenvalue weighted by atomic mass is 10.2. The van der Waals surface area contributed by atoms with Gasteiger partial charge < -0.3 is 4.74 Å². The van der Waals surface area contributed by atoms with Crippen LogP contribution in [0.3, 0.4) is 0 Å². The highest BCUT2D eigenvalue weighted by Gasteiger charge is 1.99. The average Bonchev–Trinajstić information content (AvgIpc) is 2.20. The van der Waals surface area contributed by atoms with Gasteiger partial charge in [-0.3, -0.25) is 0 Å². The Morgan fingerprint density at radius 2 is 2.33 bits per heavy atom. The van der Waals surface area contributed by atoms with Gasteiger partial charge in [0, 0.05) is 15.6 Å². The predicted molar refractivity (Wildman–Crippen MR) is 64.8 cm³/mol. The average molecular weight is 290 g/mol. The minimum absolute atomic E-state index is 0.367. The maximum atomic E-state index is 11.0. The first-order valence-electron chi connectivity index (χ1n) is 4.43. The van der Waals surface area contributed by atoms with Crippen LogP contribution in [0.25, 0.3) is 6.08 Å². The molecule has 0 N–H and O–H groups in total. The Morgan fingerprint density at radius 1 is 1.60 bits per heavy atom. The molecule has 0 atom stereocenters. The second-order valence-electron chi connectivity index (χ2n) is 2.75. The molecule has 1 rings (SSSR count). The molecular weight excluding hydrogens is 279 g/mol. The second kappa shape index (κ2) is 5.93. The van der Waals surface area contributed by atoms with Crippen molar-refractivity contribution >= 4 is 39.6 Å².